The zero-order valence-electron chi connectivity index (χ0n) is 36.8. The van der Waals surface area contributed by atoms with Gasteiger partial charge in [-0.1, -0.05) is 162 Å². The molecule has 4 aromatic heterocycles. The lowest BCUT2D eigenvalue weighted by molar-refractivity contribution is 0.669. The smallest absolute Gasteiger partial charge is 0.166 e. The normalized spacial score (nSPS) is 11.6. The Kier molecular flexibility index (Phi) is 9.20. The molecule has 0 spiro atoms. The Morgan fingerprint density at radius 1 is 0.333 bits per heavy atom. The third-order valence-electron chi connectivity index (χ3n) is 12.4. The van der Waals surface area contributed by atoms with Crippen molar-refractivity contribution in [3.63, 3.8) is 0 Å². The Bertz CT molecular complexity index is 3550. The first-order chi connectivity index (χ1) is 32.3. The molecule has 0 radical (unpaired) electrons. The zero-order valence-corrected chi connectivity index (χ0v) is 36.8. The topological polar surface area (TPSA) is 95.4 Å². The van der Waals surface area contributed by atoms with Gasteiger partial charge < -0.3 is 8.98 Å². The molecule has 0 unspecified atom stereocenters. The lowest BCUT2D eigenvalue weighted by Gasteiger charge is -2.19. The molecule has 4 heterocycles. The summed E-state index contributed by atoms with van der Waals surface area (Å²) >= 11 is 0. The highest BCUT2D eigenvalue weighted by molar-refractivity contribution is 6.25. The van der Waals surface area contributed by atoms with Gasteiger partial charge in [-0.2, -0.15) is 0 Å². The number of aryl methyl sites for hydroxylation is 4. The fourth-order valence-corrected chi connectivity index (χ4v) is 8.96. The van der Waals surface area contributed by atoms with Crippen molar-refractivity contribution >= 4 is 43.7 Å². The molecule has 8 aromatic carbocycles. The third-order valence-corrected chi connectivity index (χ3v) is 12.4. The first-order valence-electron chi connectivity index (χ1n) is 22.1. The summed E-state index contributed by atoms with van der Waals surface area (Å²) < 4.78 is 8.94. The van der Waals surface area contributed by atoms with Crippen LogP contribution in [0.1, 0.15) is 22.3 Å². The van der Waals surface area contributed by atoms with Crippen molar-refractivity contribution in [3.8, 4) is 74.0 Å². The third kappa shape index (κ3) is 6.70. The predicted molar refractivity (Wildman–Crippen MR) is 266 cm³/mol. The lowest BCUT2D eigenvalue weighted by atomic mass is 10.0. The van der Waals surface area contributed by atoms with E-state index in [4.69, 9.17) is 34.3 Å². The summed E-state index contributed by atoms with van der Waals surface area (Å²) in [6, 6.07) is 60.6. The first-order valence-corrected chi connectivity index (χ1v) is 22.1. The van der Waals surface area contributed by atoms with Crippen molar-refractivity contribution in [1.82, 2.24) is 34.5 Å². The Labute approximate surface area is 381 Å². The highest BCUT2D eigenvalue weighted by Gasteiger charge is 2.27. The van der Waals surface area contributed by atoms with Gasteiger partial charge in [0.15, 0.2) is 34.9 Å². The van der Waals surface area contributed by atoms with Crippen LogP contribution in [0.5, 0.6) is 0 Å². The molecule has 0 atom stereocenters. The van der Waals surface area contributed by atoms with Gasteiger partial charge >= 0.3 is 0 Å². The van der Waals surface area contributed by atoms with Gasteiger partial charge in [0, 0.05) is 49.5 Å². The molecule has 0 amide bonds. The maximum absolute atomic E-state index is 6.59. The standard InChI is InChI=1S/C58H41N7O/c1-34-16-24-38(25-17-34)53-59-54(39-26-18-35(2)19-27-39)62-57(61-53)45-12-9-13-46(58-63-55(40-28-20-36(3)21-29-40)60-56(64-58)41-30-22-37(4)23-31-41)51(45)65-47-14-7-5-10-42(47)43-32-33-49-50(52(43)65)44-11-6-8-15-48(44)66-49/h5-33H,1-4H3. The molecule has 0 aliphatic rings. The SMILES string of the molecule is Cc1ccc(-c2nc(-c3ccc(C)cc3)nc(-c3cccc(-c4nc(-c5ccc(C)cc5)nc(-c5ccc(C)cc5)n4)c3-n3c4ccccc4c4ccc5oc6ccccc6c5c43)n2)cc1. The van der Waals surface area contributed by atoms with Crippen LogP contribution in [0.3, 0.4) is 0 Å². The maximum atomic E-state index is 6.59. The molecule has 8 nitrogen and oxygen atoms in total. The van der Waals surface area contributed by atoms with Gasteiger partial charge in [0.05, 0.1) is 22.1 Å². The molecule has 8 heteroatoms. The van der Waals surface area contributed by atoms with Crippen molar-refractivity contribution in [2.45, 2.75) is 27.7 Å². The van der Waals surface area contributed by atoms with Crippen molar-refractivity contribution < 1.29 is 4.42 Å². The van der Waals surface area contributed by atoms with E-state index < -0.39 is 0 Å². The highest BCUT2D eigenvalue weighted by atomic mass is 16.3. The van der Waals surface area contributed by atoms with Crippen LogP contribution in [0, 0.1) is 27.7 Å². The van der Waals surface area contributed by atoms with Gasteiger partial charge in [0.1, 0.15) is 11.2 Å². The molecular weight excluding hydrogens is 811 g/mol. The molecule has 12 aromatic rings. The molecule has 0 bridgehead atoms. The van der Waals surface area contributed by atoms with Crippen molar-refractivity contribution in [1.29, 1.82) is 0 Å². The summed E-state index contributed by atoms with van der Waals surface area (Å²) in [5, 5.41) is 4.20. The molecule has 66 heavy (non-hydrogen) atoms. The minimum atomic E-state index is 0.509. The number of rotatable bonds is 7. The molecule has 314 valence electrons. The van der Waals surface area contributed by atoms with E-state index in [-0.39, 0.29) is 0 Å². The molecule has 0 aliphatic heterocycles. The van der Waals surface area contributed by atoms with E-state index in [2.05, 4.69) is 190 Å². The molecular formula is C58H41N7O. The number of nitrogens with zero attached hydrogens (tertiary/aromatic N) is 7. The Morgan fingerprint density at radius 3 is 1.21 bits per heavy atom. The van der Waals surface area contributed by atoms with Crippen LogP contribution in [-0.2, 0) is 0 Å². The van der Waals surface area contributed by atoms with Gasteiger partial charge in [0.25, 0.3) is 0 Å². The Balaban J connectivity index is 1.23. The van der Waals surface area contributed by atoms with Crippen LogP contribution >= 0.6 is 0 Å². The van der Waals surface area contributed by atoms with E-state index in [1.165, 1.54) is 0 Å². The van der Waals surface area contributed by atoms with Crippen molar-refractivity contribution in [2.24, 2.45) is 0 Å². The maximum Gasteiger partial charge on any atom is 0.166 e. The fraction of sp³-hybridized carbons (Fsp3) is 0.0690. The summed E-state index contributed by atoms with van der Waals surface area (Å²) in [5.74, 6) is 3.30. The van der Waals surface area contributed by atoms with E-state index in [1.54, 1.807) is 0 Å². The van der Waals surface area contributed by atoms with Crippen LogP contribution in [0.4, 0.5) is 0 Å². The molecule has 0 saturated carbocycles. The number of hydrogen-bond donors (Lipinski definition) is 0. The quantitative estimate of drug-likeness (QED) is 0.158. The highest BCUT2D eigenvalue weighted by Crippen LogP contribution is 2.45. The van der Waals surface area contributed by atoms with Gasteiger partial charge in [-0.05, 0) is 64.1 Å². The van der Waals surface area contributed by atoms with E-state index in [0.29, 0.717) is 34.9 Å². The number of para-hydroxylation sites is 3. The average molecular weight is 852 g/mol. The van der Waals surface area contributed by atoms with E-state index in [0.717, 1.165) is 105 Å². The summed E-state index contributed by atoms with van der Waals surface area (Å²) in [5.41, 5.74) is 14.1. The van der Waals surface area contributed by atoms with Crippen LogP contribution in [0.25, 0.3) is 118 Å². The summed E-state index contributed by atoms with van der Waals surface area (Å²) in [4.78, 5) is 31.7. The van der Waals surface area contributed by atoms with Crippen LogP contribution < -0.4 is 0 Å². The number of hydrogen-bond acceptors (Lipinski definition) is 7. The molecule has 0 aliphatic carbocycles. The van der Waals surface area contributed by atoms with Crippen molar-refractivity contribution in [2.75, 3.05) is 0 Å². The van der Waals surface area contributed by atoms with Crippen LogP contribution in [0.15, 0.2) is 180 Å². The zero-order chi connectivity index (χ0) is 44.5. The number of benzene rings is 8. The van der Waals surface area contributed by atoms with Gasteiger partial charge in [0.2, 0.25) is 0 Å². The first kappa shape index (κ1) is 39.0. The Morgan fingerprint density at radius 2 is 0.742 bits per heavy atom. The minimum Gasteiger partial charge on any atom is -0.456 e. The van der Waals surface area contributed by atoms with Gasteiger partial charge in [-0.15, -0.1) is 0 Å². The molecule has 0 fully saturated rings. The second-order valence-electron chi connectivity index (χ2n) is 17.1. The minimum absolute atomic E-state index is 0.509. The summed E-state index contributed by atoms with van der Waals surface area (Å²) in [6.45, 7) is 8.33. The number of aromatic nitrogens is 7. The largest absolute Gasteiger partial charge is 0.456 e. The summed E-state index contributed by atoms with van der Waals surface area (Å²) in [6.07, 6.45) is 0. The number of fused-ring (bicyclic) bond motifs is 7. The lowest BCUT2D eigenvalue weighted by Crippen LogP contribution is -2.07. The van der Waals surface area contributed by atoms with E-state index >= 15 is 0 Å². The predicted octanol–water partition coefficient (Wildman–Crippen LogP) is 14.3. The second kappa shape index (κ2) is 15.6. The Hall–Kier alpha value is -8.62. The van der Waals surface area contributed by atoms with Crippen LogP contribution in [0.2, 0.25) is 0 Å². The van der Waals surface area contributed by atoms with E-state index in [1.807, 2.05) is 18.2 Å². The van der Waals surface area contributed by atoms with E-state index in [9.17, 15) is 0 Å². The molecule has 0 N–H and O–H groups in total. The number of furan rings is 1. The second-order valence-corrected chi connectivity index (χ2v) is 17.1. The molecule has 12 rings (SSSR count). The van der Waals surface area contributed by atoms with Gasteiger partial charge in [-0.3, -0.25) is 0 Å². The fourth-order valence-electron chi connectivity index (χ4n) is 8.96. The summed E-state index contributed by atoms with van der Waals surface area (Å²) in [7, 11) is 0. The van der Waals surface area contributed by atoms with Gasteiger partial charge in [-0.25, -0.2) is 29.9 Å². The average Bonchev–Trinajstić information content (AvgIpc) is 3.90. The van der Waals surface area contributed by atoms with Crippen molar-refractivity contribution in [3.05, 3.63) is 198 Å². The monoisotopic (exact) mass is 851 g/mol. The molecule has 0 saturated heterocycles. The van der Waals surface area contributed by atoms with Crippen LogP contribution in [-0.4, -0.2) is 34.5 Å².